The van der Waals surface area contributed by atoms with Crippen LogP contribution in [0.1, 0.15) is 13.8 Å². The summed E-state index contributed by atoms with van der Waals surface area (Å²) in [5, 5.41) is 7.43. The summed E-state index contributed by atoms with van der Waals surface area (Å²) in [5.41, 5.74) is 0. The molecule has 0 atom stereocenters. The monoisotopic (exact) mass is 278 g/mol. The van der Waals surface area contributed by atoms with Gasteiger partial charge in [-0.05, 0) is 13.8 Å². The van der Waals surface area contributed by atoms with E-state index >= 15 is 0 Å². The van der Waals surface area contributed by atoms with Crippen LogP contribution < -0.4 is 0 Å². The molecule has 0 spiro atoms. The van der Waals surface area contributed by atoms with Crippen LogP contribution in [-0.4, -0.2) is 13.1 Å². The average Bonchev–Trinajstić information content (AvgIpc) is 2.47. The van der Waals surface area contributed by atoms with Crippen LogP contribution in [0.4, 0.5) is 0 Å². The van der Waals surface area contributed by atoms with E-state index in [9.17, 15) is 0 Å². The molecule has 0 bridgehead atoms. The normalized spacial score (nSPS) is 4.24. The van der Waals surface area contributed by atoms with E-state index in [2.05, 4.69) is 43.5 Å². The van der Waals surface area contributed by atoms with Gasteiger partial charge in [0, 0.05) is 17.4 Å². The summed E-state index contributed by atoms with van der Waals surface area (Å²) in [6, 6.07) is 0. The molecule has 0 N–H and O–H groups in total. The Morgan fingerprint density at radius 1 is 0.588 bits per heavy atom. The van der Waals surface area contributed by atoms with Crippen LogP contribution in [0.3, 0.4) is 0 Å². The van der Waals surface area contributed by atoms with E-state index in [1.807, 2.05) is 13.8 Å². The Morgan fingerprint density at radius 2 is 0.706 bits per heavy atom. The Bertz CT molecular complexity index is 155. The van der Waals surface area contributed by atoms with Gasteiger partial charge < -0.3 is 0 Å². The molecule has 0 heterocycles. The van der Waals surface area contributed by atoms with Crippen LogP contribution in [0, 0.1) is 33.3 Å². The second kappa shape index (κ2) is 354. The molecule has 0 saturated carbocycles. The third kappa shape index (κ3) is 727. The van der Waals surface area contributed by atoms with E-state index in [4.69, 9.17) is 23.3 Å². The first-order valence-electron chi connectivity index (χ1n) is 3.27. The number of hydrogen-bond acceptors (Lipinski definition) is 2. The van der Waals surface area contributed by atoms with Crippen LogP contribution in [0.15, 0.2) is 10.2 Å². The molecule has 0 aliphatic carbocycles. The molecule has 0 amide bonds. The zero-order valence-corrected chi connectivity index (χ0v) is 10.5. The van der Waals surface area contributed by atoms with Crippen molar-refractivity contribution < 1.29 is 40.6 Å². The first-order chi connectivity index (χ1) is 7.91. The summed E-state index contributed by atoms with van der Waals surface area (Å²) in [5.74, 6) is 0. The average molecular weight is 278 g/mol. The SMILES string of the molecule is CCN=NCC.[C-]#[O+].[C-]#[O+].[C-]#[O+].[C-]#[O+].[C-]#[O+].[Cr]. The van der Waals surface area contributed by atoms with Crippen molar-refractivity contribution >= 4 is 0 Å². The summed E-state index contributed by atoms with van der Waals surface area (Å²) < 4.78 is 37.5. The molecule has 8 heteroatoms. The van der Waals surface area contributed by atoms with Crippen molar-refractivity contribution in [1.82, 2.24) is 0 Å². The van der Waals surface area contributed by atoms with Crippen LogP contribution in [0.2, 0.25) is 0 Å². The zero-order valence-electron chi connectivity index (χ0n) is 9.26. The Balaban J connectivity index is -0.0000000158. The van der Waals surface area contributed by atoms with Crippen LogP contribution in [0.25, 0.3) is 0 Å². The minimum Gasteiger partial charge on any atom is 0 e. The van der Waals surface area contributed by atoms with Crippen LogP contribution in [-0.2, 0) is 40.6 Å². The fraction of sp³-hybridized carbons (Fsp3) is 0.444. The van der Waals surface area contributed by atoms with Gasteiger partial charge in [0.2, 0.25) is 0 Å². The van der Waals surface area contributed by atoms with E-state index < -0.39 is 0 Å². The van der Waals surface area contributed by atoms with Crippen LogP contribution in [0.5, 0.6) is 0 Å². The van der Waals surface area contributed by atoms with Crippen molar-refractivity contribution in [2.24, 2.45) is 10.2 Å². The van der Waals surface area contributed by atoms with Crippen molar-refractivity contribution in [3.63, 3.8) is 0 Å². The van der Waals surface area contributed by atoms with Crippen LogP contribution >= 0.6 is 0 Å². The second-order valence-electron chi connectivity index (χ2n) is 0.915. The van der Waals surface area contributed by atoms with Crippen molar-refractivity contribution in [2.75, 3.05) is 13.1 Å². The van der Waals surface area contributed by atoms with Gasteiger partial charge in [-0.1, -0.05) is 0 Å². The maximum atomic E-state index is 7.50. The molecule has 92 valence electrons. The molecule has 0 aliphatic rings. The minimum atomic E-state index is 0. The minimum absolute atomic E-state index is 0. The van der Waals surface area contributed by atoms with Gasteiger partial charge in [-0.25, -0.2) is 0 Å². The molecule has 0 rings (SSSR count). The summed E-state index contributed by atoms with van der Waals surface area (Å²) in [6.07, 6.45) is 0. The quantitative estimate of drug-likeness (QED) is 0.410. The molecule has 0 fully saturated rings. The maximum absolute atomic E-state index is 7.50. The zero-order chi connectivity index (χ0) is 14.8. The van der Waals surface area contributed by atoms with E-state index in [0.717, 1.165) is 13.1 Å². The summed E-state index contributed by atoms with van der Waals surface area (Å²) in [6.45, 7) is 28.1. The fourth-order valence-electron chi connectivity index (χ4n) is 0.200. The van der Waals surface area contributed by atoms with Gasteiger partial charge in [-0.2, -0.15) is 10.2 Å². The molecule has 0 aromatic rings. The standard InChI is InChI=1S/C4H10N2.5CO.Cr/c1-3-5-6-4-2;5*1-2;/h3-4H2,1-2H3;;;;;;. The van der Waals surface area contributed by atoms with E-state index in [0.29, 0.717) is 0 Å². The smallest absolute Gasteiger partial charge is 0 e. The van der Waals surface area contributed by atoms with Crippen molar-refractivity contribution in [2.45, 2.75) is 13.8 Å². The topological polar surface area (TPSA) is 124 Å². The van der Waals surface area contributed by atoms with Gasteiger partial charge in [0.1, 0.15) is 0 Å². The van der Waals surface area contributed by atoms with Crippen molar-refractivity contribution in [1.29, 1.82) is 0 Å². The molecule has 0 aromatic carbocycles. The van der Waals surface area contributed by atoms with E-state index in [-0.39, 0.29) is 17.4 Å². The Morgan fingerprint density at radius 3 is 0.765 bits per heavy atom. The molecular weight excluding hydrogens is 268 g/mol. The summed E-state index contributed by atoms with van der Waals surface area (Å²) in [7, 11) is 0. The first kappa shape index (κ1) is 44.6. The number of azo groups is 1. The summed E-state index contributed by atoms with van der Waals surface area (Å²) >= 11 is 0. The van der Waals surface area contributed by atoms with Gasteiger partial charge >= 0.3 is 56.5 Å². The maximum Gasteiger partial charge on any atom is 0 e. The number of hydrogen-bond donors (Lipinski definition) is 0. The predicted molar refractivity (Wildman–Crippen MR) is 45.6 cm³/mol. The Labute approximate surface area is 111 Å². The molecule has 17 heavy (non-hydrogen) atoms. The third-order valence-corrected chi connectivity index (χ3v) is 0.383. The number of rotatable bonds is 2. The number of nitrogens with zero attached hydrogens (tertiary/aromatic N) is 2. The van der Waals surface area contributed by atoms with E-state index in [1.165, 1.54) is 0 Å². The molecule has 0 saturated heterocycles. The van der Waals surface area contributed by atoms with E-state index in [1.54, 1.807) is 0 Å². The third-order valence-electron chi connectivity index (χ3n) is 0.383. The van der Waals surface area contributed by atoms with Gasteiger partial charge in [0.25, 0.3) is 0 Å². The predicted octanol–water partition coefficient (Wildman–Crippen LogP) is 1.29. The first-order valence-corrected chi connectivity index (χ1v) is 3.27. The molecule has 7 nitrogen and oxygen atoms in total. The Kier molecular flexibility index (Phi) is 929. The van der Waals surface area contributed by atoms with Crippen molar-refractivity contribution in [3.05, 3.63) is 33.3 Å². The fourth-order valence-corrected chi connectivity index (χ4v) is 0.200. The van der Waals surface area contributed by atoms with Gasteiger partial charge in [0.05, 0.1) is 13.1 Å². The van der Waals surface area contributed by atoms with Gasteiger partial charge in [0.15, 0.2) is 0 Å². The van der Waals surface area contributed by atoms with Crippen molar-refractivity contribution in [3.8, 4) is 0 Å². The molecular formula is C9H10CrN2O5. The second-order valence-corrected chi connectivity index (χ2v) is 0.915. The van der Waals surface area contributed by atoms with Gasteiger partial charge in [-0.15, -0.1) is 0 Å². The largest absolute Gasteiger partial charge is 0 e. The Hall–Kier alpha value is -1.17. The van der Waals surface area contributed by atoms with Gasteiger partial charge in [-0.3, -0.25) is 0 Å². The molecule has 0 aliphatic heterocycles. The molecule has 0 aromatic heterocycles. The summed E-state index contributed by atoms with van der Waals surface area (Å²) in [4.78, 5) is 0. The molecule has 0 radical (unpaired) electrons. The molecule has 0 unspecified atom stereocenters.